The summed E-state index contributed by atoms with van der Waals surface area (Å²) in [5, 5.41) is 0.374. The van der Waals surface area contributed by atoms with Crippen LogP contribution in [0.5, 0.6) is 0 Å². The Hall–Kier alpha value is -2.50. The van der Waals surface area contributed by atoms with Gasteiger partial charge >= 0.3 is 6.18 Å². The van der Waals surface area contributed by atoms with Crippen molar-refractivity contribution in [1.82, 2.24) is 4.98 Å². The van der Waals surface area contributed by atoms with E-state index in [1.54, 1.807) is 12.1 Å². The number of fused-ring (bicyclic) bond motifs is 1. The molecule has 3 rings (SSSR count). The molecule has 0 spiro atoms. The van der Waals surface area contributed by atoms with Crippen LogP contribution in [0.4, 0.5) is 18.9 Å². The molecule has 2 N–H and O–H groups in total. The van der Waals surface area contributed by atoms with Gasteiger partial charge in [-0.1, -0.05) is 0 Å². The Bertz CT molecular complexity index is 777. The van der Waals surface area contributed by atoms with Gasteiger partial charge in [-0.25, -0.2) is 0 Å². The number of nitrogen functional groups attached to an aromatic ring is 1. The minimum atomic E-state index is -4.37. The van der Waals surface area contributed by atoms with Crippen LogP contribution < -0.4 is 5.73 Å². The van der Waals surface area contributed by atoms with Gasteiger partial charge in [0.1, 0.15) is 11.3 Å². The van der Waals surface area contributed by atoms with Crippen molar-refractivity contribution in [3.63, 3.8) is 0 Å². The Balaban J connectivity index is 2.11. The van der Waals surface area contributed by atoms with E-state index in [4.69, 9.17) is 10.2 Å². The number of hydrogen-bond donors (Lipinski definition) is 1. The van der Waals surface area contributed by atoms with Crippen molar-refractivity contribution in [2.24, 2.45) is 0 Å². The molecular weight excluding hydrogens is 269 g/mol. The van der Waals surface area contributed by atoms with Crippen LogP contribution in [0.25, 0.3) is 22.4 Å². The largest absolute Gasteiger partial charge is 0.454 e. The van der Waals surface area contributed by atoms with E-state index in [-0.39, 0.29) is 0 Å². The van der Waals surface area contributed by atoms with Gasteiger partial charge < -0.3 is 10.2 Å². The van der Waals surface area contributed by atoms with Crippen molar-refractivity contribution < 1.29 is 17.6 Å². The molecule has 0 aliphatic rings. The first kappa shape index (κ1) is 12.5. The van der Waals surface area contributed by atoms with E-state index in [1.165, 1.54) is 18.3 Å². The molecule has 102 valence electrons. The number of nitrogens with two attached hydrogens (primary N) is 1. The zero-order valence-corrected chi connectivity index (χ0v) is 10.1. The summed E-state index contributed by atoms with van der Waals surface area (Å²) in [6.07, 6.45) is -2.86. The summed E-state index contributed by atoms with van der Waals surface area (Å²) in [6.45, 7) is 0. The number of furan rings is 1. The van der Waals surface area contributed by atoms with Crippen LogP contribution in [0.1, 0.15) is 5.56 Å². The first-order valence-electron chi connectivity index (χ1n) is 5.76. The van der Waals surface area contributed by atoms with Gasteiger partial charge in [0.25, 0.3) is 0 Å². The quantitative estimate of drug-likeness (QED) is 0.729. The van der Waals surface area contributed by atoms with Gasteiger partial charge in [-0.3, -0.25) is 4.98 Å². The SMILES string of the molecule is Nc1ccnc(-c2cc3cc(C(F)(F)F)ccc3o2)c1. The minimum Gasteiger partial charge on any atom is -0.454 e. The number of rotatable bonds is 1. The summed E-state index contributed by atoms with van der Waals surface area (Å²) in [5.74, 6) is 0.381. The first-order valence-corrected chi connectivity index (χ1v) is 5.76. The van der Waals surface area contributed by atoms with Gasteiger partial charge in [0, 0.05) is 17.3 Å². The number of halogens is 3. The number of hydrogen-bond acceptors (Lipinski definition) is 3. The normalized spacial score (nSPS) is 11.9. The monoisotopic (exact) mass is 278 g/mol. The van der Waals surface area contributed by atoms with E-state index < -0.39 is 11.7 Å². The van der Waals surface area contributed by atoms with Crippen molar-refractivity contribution in [3.05, 3.63) is 48.2 Å². The third-order valence-corrected chi connectivity index (χ3v) is 2.88. The fraction of sp³-hybridized carbons (Fsp3) is 0.0714. The maximum atomic E-state index is 12.6. The second-order valence-corrected chi connectivity index (χ2v) is 4.34. The average Bonchev–Trinajstić information content (AvgIpc) is 2.80. The van der Waals surface area contributed by atoms with Crippen LogP contribution in [0.15, 0.2) is 47.0 Å². The molecule has 0 atom stereocenters. The van der Waals surface area contributed by atoms with Crippen molar-refractivity contribution in [3.8, 4) is 11.5 Å². The summed E-state index contributed by atoms with van der Waals surface area (Å²) in [5.41, 5.74) is 6.29. The minimum absolute atomic E-state index is 0.372. The molecule has 0 fully saturated rings. The van der Waals surface area contributed by atoms with Gasteiger partial charge in [-0.15, -0.1) is 0 Å². The maximum Gasteiger partial charge on any atom is 0.416 e. The van der Waals surface area contributed by atoms with Crippen molar-refractivity contribution in [2.75, 3.05) is 5.73 Å². The predicted molar refractivity (Wildman–Crippen MR) is 68.9 cm³/mol. The molecule has 20 heavy (non-hydrogen) atoms. The Labute approximate surface area is 111 Å². The fourth-order valence-corrected chi connectivity index (χ4v) is 1.93. The summed E-state index contributed by atoms with van der Waals surface area (Å²) < 4.78 is 43.4. The number of anilines is 1. The molecule has 1 aromatic carbocycles. The van der Waals surface area contributed by atoms with Crippen LogP contribution in [0.3, 0.4) is 0 Å². The molecule has 0 saturated heterocycles. The molecule has 0 aliphatic carbocycles. The van der Waals surface area contributed by atoms with Crippen LogP contribution >= 0.6 is 0 Å². The van der Waals surface area contributed by atoms with E-state index >= 15 is 0 Å². The molecule has 0 aliphatic heterocycles. The molecule has 2 aromatic heterocycles. The third-order valence-electron chi connectivity index (χ3n) is 2.88. The van der Waals surface area contributed by atoms with Gasteiger partial charge in [-0.2, -0.15) is 13.2 Å². The zero-order valence-electron chi connectivity index (χ0n) is 10.1. The molecule has 2 heterocycles. The predicted octanol–water partition coefficient (Wildman–Crippen LogP) is 4.10. The van der Waals surface area contributed by atoms with Crippen LogP contribution in [-0.2, 0) is 6.18 Å². The number of nitrogens with zero attached hydrogens (tertiary/aromatic N) is 1. The summed E-state index contributed by atoms with van der Waals surface area (Å²) in [4.78, 5) is 4.08. The van der Waals surface area contributed by atoms with E-state index in [1.807, 2.05) is 0 Å². The number of aromatic nitrogens is 1. The van der Waals surface area contributed by atoms with Gasteiger partial charge in [0.15, 0.2) is 5.76 Å². The number of alkyl halides is 3. The van der Waals surface area contributed by atoms with Crippen molar-refractivity contribution in [2.45, 2.75) is 6.18 Å². The Morgan fingerprint density at radius 2 is 1.85 bits per heavy atom. The van der Waals surface area contributed by atoms with Gasteiger partial charge in [0.05, 0.1) is 5.56 Å². The first-order chi connectivity index (χ1) is 9.43. The lowest BCUT2D eigenvalue weighted by Gasteiger charge is -2.04. The zero-order chi connectivity index (χ0) is 14.3. The highest BCUT2D eigenvalue weighted by atomic mass is 19.4. The average molecular weight is 278 g/mol. The fourth-order valence-electron chi connectivity index (χ4n) is 1.93. The molecular formula is C14H9F3N2O. The van der Waals surface area contributed by atoms with Crippen LogP contribution in [-0.4, -0.2) is 4.98 Å². The highest BCUT2D eigenvalue weighted by Gasteiger charge is 2.30. The second kappa shape index (κ2) is 4.26. The second-order valence-electron chi connectivity index (χ2n) is 4.34. The molecule has 6 heteroatoms. The summed E-state index contributed by atoms with van der Waals surface area (Å²) >= 11 is 0. The van der Waals surface area contributed by atoms with E-state index in [0.29, 0.717) is 28.1 Å². The molecule has 0 radical (unpaired) electrons. The van der Waals surface area contributed by atoms with E-state index in [2.05, 4.69) is 4.98 Å². The van der Waals surface area contributed by atoms with Crippen LogP contribution in [0, 0.1) is 0 Å². The van der Waals surface area contributed by atoms with Gasteiger partial charge in [-0.05, 0) is 36.4 Å². The third kappa shape index (κ3) is 2.20. The number of benzene rings is 1. The lowest BCUT2D eigenvalue weighted by atomic mass is 10.1. The topological polar surface area (TPSA) is 52.0 Å². The lowest BCUT2D eigenvalue weighted by Crippen LogP contribution is -2.03. The Kier molecular flexibility index (Phi) is 2.67. The Morgan fingerprint density at radius 1 is 1.05 bits per heavy atom. The van der Waals surface area contributed by atoms with Crippen molar-refractivity contribution in [1.29, 1.82) is 0 Å². The molecule has 0 bridgehead atoms. The molecule has 0 saturated carbocycles. The maximum absolute atomic E-state index is 12.6. The van der Waals surface area contributed by atoms with Crippen molar-refractivity contribution >= 4 is 16.7 Å². The van der Waals surface area contributed by atoms with E-state index in [0.717, 1.165) is 12.1 Å². The van der Waals surface area contributed by atoms with Crippen LogP contribution in [0.2, 0.25) is 0 Å². The summed E-state index contributed by atoms with van der Waals surface area (Å²) in [7, 11) is 0. The van der Waals surface area contributed by atoms with Gasteiger partial charge in [0.2, 0.25) is 0 Å². The molecule has 3 aromatic rings. The molecule has 3 nitrogen and oxygen atoms in total. The standard InChI is InChI=1S/C14H9F3N2O/c15-14(16,17)9-1-2-12-8(5-9)6-13(20-12)11-7-10(18)3-4-19-11/h1-7H,(H2,18,19). The summed E-state index contributed by atoms with van der Waals surface area (Å²) in [6, 6.07) is 8.08. The Morgan fingerprint density at radius 3 is 2.55 bits per heavy atom. The molecule has 0 amide bonds. The highest BCUT2D eigenvalue weighted by molar-refractivity contribution is 5.83. The lowest BCUT2D eigenvalue weighted by molar-refractivity contribution is -0.137. The smallest absolute Gasteiger partial charge is 0.416 e. The molecule has 0 unspecified atom stereocenters. The van der Waals surface area contributed by atoms with E-state index in [9.17, 15) is 13.2 Å². The highest BCUT2D eigenvalue weighted by Crippen LogP contribution is 2.34. The number of pyridine rings is 1.